The third kappa shape index (κ3) is 2.66. The van der Waals surface area contributed by atoms with Gasteiger partial charge in [-0.1, -0.05) is 0 Å². The Balaban J connectivity index is 2.64. The van der Waals surface area contributed by atoms with Gasteiger partial charge in [0.1, 0.15) is 0 Å². The topological polar surface area (TPSA) is 78.2 Å². The van der Waals surface area contributed by atoms with Crippen LogP contribution in [-0.4, -0.2) is 12.0 Å². The number of hydrogen-bond donors (Lipinski definition) is 2. The van der Waals surface area contributed by atoms with Crippen molar-refractivity contribution < 1.29 is 9.90 Å². The number of carbonyl (C=O) groups is 1. The number of carboxylic acid groups (broad SMARTS) is 1. The molecule has 0 saturated heterocycles. The maximum absolute atomic E-state index is 10.4. The van der Waals surface area contributed by atoms with Crippen LogP contribution in [0.25, 0.3) is 0 Å². The molecule has 3 N–H and O–H groups in total. The Labute approximate surface area is 76.4 Å². The molecule has 0 aliphatic heterocycles. The molecular formula is C9H11N2O2-. The molecule has 0 fully saturated rings. The highest BCUT2D eigenvalue weighted by Crippen LogP contribution is 2.11. The van der Waals surface area contributed by atoms with Crippen molar-refractivity contribution >= 4 is 17.3 Å². The van der Waals surface area contributed by atoms with Crippen molar-refractivity contribution in [3.63, 3.8) is 0 Å². The van der Waals surface area contributed by atoms with E-state index in [9.17, 15) is 9.90 Å². The minimum atomic E-state index is -1.13. The highest BCUT2D eigenvalue weighted by atomic mass is 16.4. The van der Waals surface area contributed by atoms with E-state index in [-0.39, 0.29) is 0 Å². The van der Waals surface area contributed by atoms with Crippen LogP contribution in [0, 0.1) is 0 Å². The molecule has 0 spiro atoms. The number of carbonyl (C=O) groups excluding carboxylic acids is 1. The largest absolute Gasteiger partial charge is 0.548 e. The SMILES string of the molecule is CC(Nc1ccc(N)cc1)C(=O)[O-]. The predicted octanol–water partition coefficient (Wildman–Crippen LogP) is -0.181. The van der Waals surface area contributed by atoms with Crippen LogP contribution in [0.5, 0.6) is 0 Å². The van der Waals surface area contributed by atoms with Crippen molar-refractivity contribution in [3.8, 4) is 0 Å². The number of anilines is 2. The number of nitrogens with two attached hydrogens (primary N) is 1. The number of aliphatic carboxylic acids is 1. The molecule has 0 bridgehead atoms. The zero-order valence-electron chi connectivity index (χ0n) is 7.28. The van der Waals surface area contributed by atoms with Crippen LogP contribution in [0.2, 0.25) is 0 Å². The van der Waals surface area contributed by atoms with Gasteiger partial charge in [-0.25, -0.2) is 0 Å². The van der Waals surface area contributed by atoms with Gasteiger partial charge in [0.15, 0.2) is 0 Å². The monoisotopic (exact) mass is 179 g/mol. The molecule has 1 atom stereocenters. The fourth-order valence-electron chi connectivity index (χ4n) is 0.888. The van der Waals surface area contributed by atoms with Crippen molar-refractivity contribution in [3.05, 3.63) is 24.3 Å². The normalized spacial score (nSPS) is 12.1. The number of benzene rings is 1. The minimum absolute atomic E-state index is 0.645. The van der Waals surface area contributed by atoms with E-state index in [0.29, 0.717) is 11.4 Å². The molecule has 13 heavy (non-hydrogen) atoms. The summed E-state index contributed by atoms with van der Waals surface area (Å²) in [6.45, 7) is 1.52. The molecule has 70 valence electrons. The molecule has 1 aromatic carbocycles. The Kier molecular flexibility index (Phi) is 2.74. The van der Waals surface area contributed by atoms with Gasteiger partial charge in [-0.3, -0.25) is 0 Å². The molecule has 1 aromatic rings. The molecular weight excluding hydrogens is 168 g/mol. The average molecular weight is 179 g/mol. The Morgan fingerprint density at radius 3 is 2.46 bits per heavy atom. The maximum Gasteiger partial charge on any atom is 0.0634 e. The number of nitrogens with one attached hydrogen (secondary N) is 1. The van der Waals surface area contributed by atoms with Gasteiger partial charge in [0, 0.05) is 11.4 Å². The first-order valence-electron chi connectivity index (χ1n) is 3.92. The molecule has 0 saturated carbocycles. The zero-order valence-corrected chi connectivity index (χ0v) is 7.28. The Hall–Kier alpha value is -1.71. The Morgan fingerprint density at radius 2 is 2.00 bits per heavy atom. The quantitative estimate of drug-likeness (QED) is 0.631. The molecule has 4 nitrogen and oxygen atoms in total. The van der Waals surface area contributed by atoms with Crippen LogP contribution in [0.1, 0.15) is 6.92 Å². The van der Waals surface area contributed by atoms with Gasteiger partial charge in [-0.05, 0) is 31.2 Å². The molecule has 0 amide bonds. The first-order valence-corrected chi connectivity index (χ1v) is 3.92. The summed E-state index contributed by atoms with van der Waals surface area (Å²) in [7, 11) is 0. The molecule has 0 aromatic heterocycles. The van der Waals surface area contributed by atoms with Crippen molar-refractivity contribution in [2.24, 2.45) is 0 Å². The van der Waals surface area contributed by atoms with E-state index in [2.05, 4.69) is 5.32 Å². The summed E-state index contributed by atoms with van der Waals surface area (Å²) in [6.07, 6.45) is 0. The molecule has 0 radical (unpaired) electrons. The third-order valence-electron chi connectivity index (χ3n) is 1.65. The Morgan fingerprint density at radius 1 is 1.46 bits per heavy atom. The summed E-state index contributed by atoms with van der Waals surface area (Å²) in [6, 6.07) is 6.13. The fraction of sp³-hybridized carbons (Fsp3) is 0.222. The van der Waals surface area contributed by atoms with Crippen LogP contribution in [0.4, 0.5) is 11.4 Å². The van der Waals surface area contributed by atoms with E-state index in [0.717, 1.165) is 0 Å². The van der Waals surface area contributed by atoms with E-state index in [1.54, 1.807) is 24.3 Å². The fourth-order valence-corrected chi connectivity index (χ4v) is 0.888. The van der Waals surface area contributed by atoms with Crippen LogP contribution < -0.4 is 16.2 Å². The highest BCUT2D eigenvalue weighted by molar-refractivity contribution is 5.74. The second kappa shape index (κ2) is 3.80. The minimum Gasteiger partial charge on any atom is -0.548 e. The first kappa shape index (κ1) is 9.38. The van der Waals surface area contributed by atoms with E-state index in [1.807, 2.05) is 0 Å². The van der Waals surface area contributed by atoms with Crippen molar-refractivity contribution in [1.82, 2.24) is 0 Å². The lowest BCUT2D eigenvalue weighted by atomic mass is 10.2. The van der Waals surface area contributed by atoms with Crippen molar-refractivity contribution in [2.45, 2.75) is 13.0 Å². The second-order valence-electron chi connectivity index (χ2n) is 2.81. The number of hydrogen-bond acceptors (Lipinski definition) is 4. The van der Waals surface area contributed by atoms with Gasteiger partial charge in [0.25, 0.3) is 0 Å². The van der Waals surface area contributed by atoms with Crippen LogP contribution >= 0.6 is 0 Å². The predicted molar refractivity (Wildman–Crippen MR) is 48.9 cm³/mol. The summed E-state index contributed by atoms with van der Waals surface area (Å²) in [5, 5.41) is 13.1. The van der Waals surface area contributed by atoms with Gasteiger partial charge in [-0.15, -0.1) is 0 Å². The third-order valence-corrected chi connectivity index (χ3v) is 1.65. The smallest absolute Gasteiger partial charge is 0.0634 e. The van der Waals surface area contributed by atoms with Gasteiger partial charge in [-0.2, -0.15) is 0 Å². The summed E-state index contributed by atoms with van der Waals surface area (Å²) < 4.78 is 0. The lowest BCUT2D eigenvalue weighted by Crippen LogP contribution is -2.38. The lowest BCUT2D eigenvalue weighted by Gasteiger charge is -2.15. The first-order chi connectivity index (χ1) is 6.09. The van der Waals surface area contributed by atoms with E-state index >= 15 is 0 Å². The summed E-state index contributed by atoms with van der Waals surface area (Å²) >= 11 is 0. The van der Waals surface area contributed by atoms with E-state index in [4.69, 9.17) is 5.73 Å². The van der Waals surface area contributed by atoms with Gasteiger partial charge >= 0.3 is 0 Å². The van der Waals surface area contributed by atoms with Crippen LogP contribution in [0.15, 0.2) is 24.3 Å². The zero-order chi connectivity index (χ0) is 9.84. The summed E-state index contributed by atoms with van der Waals surface area (Å²) in [5.74, 6) is -1.13. The summed E-state index contributed by atoms with van der Waals surface area (Å²) in [5.41, 5.74) is 6.82. The van der Waals surface area contributed by atoms with Gasteiger partial charge in [0.2, 0.25) is 0 Å². The van der Waals surface area contributed by atoms with Crippen molar-refractivity contribution in [1.29, 1.82) is 0 Å². The second-order valence-corrected chi connectivity index (χ2v) is 2.81. The van der Waals surface area contributed by atoms with E-state index < -0.39 is 12.0 Å². The van der Waals surface area contributed by atoms with Gasteiger partial charge < -0.3 is 21.0 Å². The standard InChI is InChI=1S/C9H12N2O2/c1-6(9(12)13)11-8-4-2-7(10)3-5-8/h2-6,11H,10H2,1H3,(H,12,13)/p-1. The van der Waals surface area contributed by atoms with E-state index in [1.165, 1.54) is 6.92 Å². The molecule has 1 unspecified atom stereocenters. The van der Waals surface area contributed by atoms with Crippen LogP contribution in [0.3, 0.4) is 0 Å². The van der Waals surface area contributed by atoms with Crippen molar-refractivity contribution in [2.75, 3.05) is 11.1 Å². The molecule has 1 rings (SSSR count). The lowest BCUT2D eigenvalue weighted by molar-refractivity contribution is -0.306. The molecule has 0 aliphatic carbocycles. The number of rotatable bonds is 3. The number of carboxylic acids is 1. The van der Waals surface area contributed by atoms with Gasteiger partial charge in [0.05, 0.1) is 12.0 Å². The molecule has 4 heteroatoms. The highest BCUT2D eigenvalue weighted by Gasteiger charge is 2.00. The molecule has 0 heterocycles. The number of nitrogen functional groups attached to an aromatic ring is 1. The van der Waals surface area contributed by atoms with Crippen LogP contribution in [-0.2, 0) is 4.79 Å². The average Bonchev–Trinajstić information content (AvgIpc) is 2.08. The molecule has 0 aliphatic rings. The summed E-state index contributed by atoms with van der Waals surface area (Å²) in [4.78, 5) is 10.4. The maximum atomic E-state index is 10.4. The Bertz CT molecular complexity index is 295.